The molecule has 6 heteroatoms. The molecule has 1 aliphatic carbocycles. The Hall–Kier alpha value is -1.43. The molecule has 0 spiro atoms. The van der Waals surface area contributed by atoms with Crippen molar-refractivity contribution in [2.75, 3.05) is 19.6 Å². The molecule has 2 fully saturated rings. The molecule has 1 saturated carbocycles. The average Bonchev–Trinajstić information content (AvgIpc) is 3.17. The Labute approximate surface area is 119 Å². The van der Waals surface area contributed by atoms with E-state index in [1.165, 1.54) is 19.4 Å². The van der Waals surface area contributed by atoms with Crippen LogP contribution in [0.1, 0.15) is 32.1 Å². The summed E-state index contributed by atoms with van der Waals surface area (Å²) in [6, 6.07) is 0.606. The SMILES string of the molecule is O=C(CCn1ccnn1)N1CCC(NCC2CC2)CC1. The van der Waals surface area contributed by atoms with Crippen LogP contribution in [0.3, 0.4) is 0 Å². The zero-order chi connectivity index (χ0) is 13.8. The maximum atomic E-state index is 12.1. The molecule has 2 heterocycles. The van der Waals surface area contributed by atoms with Crippen LogP contribution in [-0.4, -0.2) is 51.5 Å². The Morgan fingerprint density at radius 3 is 2.70 bits per heavy atom. The van der Waals surface area contributed by atoms with Gasteiger partial charge in [0.1, 0.15) is 0 Å². The van der Waals surface area contributed by atoms with Crippen molar-refractivity contribution in [3.63, 3.8) is 0 Å². The predicted octanol–water partition coefficient (Wildman–Crippen LogP) is 0.659. The van der Waals surface area contributed by atoms with E-state index in [0.29, 0.717) is 19.0 Å². The standard InChI is InChI=1S/C14H23N5O/c20-14(5-9-19-10-6-16-17-19)18-7-3-13(4-8-18)15-11-12-1-2-12/h6,10,12-13,15H,1-5,7-9,11H2. The summed E-state index contributed by atoms with van der Waals surface area (Å²) < 4.78 is 1.71. The van der Waals surface area contributed by atoms with E-state index in [-0.39, 0.29) is 5.91 Å². The predicted molar refractivity (Wildman–Crippen MR) is 75.0 cm³/mol. The highest BCUT2D eigenvalue weighted by molar-refractivity contribution is 5.76. The topological polar surface area (TPSA) is 63.1 Å². The van der Waals surface area contributed by atoms with Gasteiger partial charge in [-0.2, -0.15) is 0 Å². The average molecular weight is 277 g/mol. The smallest absolute Gasteiger partial charge is 0.224 e. The van der Waals surface area contributed by atoms with E-state index in [1.54, 1.807) is 17.1 Å². The van der Waals surface area contributed by atoms with Crippen LogP contribution < -0.4 is 5.32 Å². The quantitative estimate of drug-likeness (QED) is 0.829. The van der Waals surface area contributed by atoms with Crippen LogP contribution in [0.4, 0.5) is 0 Å². The molecule has 20 heavy (non-hydrogen) atoms. The number of rotatable bonds is 6. The van der Waals surface area contributed by atoms with Gasteiger partial charge in [-0.15, -0.1) is 5.10 Å². The van der Waals surface area contributed by atoms with Crippen LogP contribution in [0.15, 0.2) is 12.4 Å². The number of nitrogens with zero attached hydrogens (tertiary/aromatic N) is 4. The van der Waals surface area contributed by atoms with Crippen LogP contribution in [0.2, 0.25) is 0 Å². The molecule has 2 aliphatic rings. The van der Waals surface area contributed by atoms with Gasteiger partial charge >= 0.3 is 0 Å². The third-order valence-corrected chi connectivity index (χ3v) is 4.27. The fraction of sp³-hybridized carbons (Fsp3) is 0.786. The van der Waals surface area contributed by atoms with E-state index in [4.69, 9.17) is 0 Å². The molecular formula is C14H23N5O. The van der Waals surface area contributed by atoms with Gasteiger partial charge in [-0.05, 0) is 38.1 Å². The highest BCUT2D eigenvalue weighted by Crippen LogP contribution is 2.28. The first kappa shape index (κ1) is 13.5. The van der Waals surface area contributed by atoms with Crippen molar-refractivity contribution in [2.24, 2.45) is 5.92 Å². The Bertz CT molecular complexity index is 421. The fourth-order valence-corrected chi connectivity index (χ4v) is 2.71. The molecule has 0 aromatic carbocycles. The van der Waals surface area contributed by atoms with Gasteiger partial charge in [0.15, 0.2) is 0 Å². The third kappa shape index (κ3) is 3.79. The van der Waals surface area contributed by atoms with Crippen molar-refractivity contribution in [1.29, 1.82) is 0 Å². The number of aryl methyl sites for hydroxylation is 1. The first-order valence-corrected chi connectivity index (χ1v) is 7.66. The zero-order valence-electron chi connectivity index (χ0n) is 11.9. The number of carbonyl (C=O) groups is 1. The lowest BCUT2D eigenvalue weighted by Gasteiger charge is -2.32. The summed E-state index contributed by atoms with van der Waals surface area (Å²) >= 11 is 0. The summed E-state index contributed by atoms with van der Waals surface area (Å²) in [5.74, 6) is 1.17. The van der Waals surface area contributed by atoms with Crippen LogP contribution in [0.5, 0.6) is 0 Å². The van der Waals surface area contributed by atoms with E-state index < -0.39 is 0 Å². The third-order valence-electron chi connectivity index (χ3n) is 4.27. The zero-order valence-corrected chi connectivity index (χ0v) is 11.9. The Balaban J connectivity index is 1.35. The van der Waals surface area contributed by atoms with Gasteiger partial charge < -0.3 is 10.2 Å². The first-order chi connectivity index (χ1) is 9.81. The second kappa shape index (κ2) is 6.35. The highest BCUT2D eigenvalue weighted by Gasteiger charge is 2.25. The van der Waals surface area contributed by atoms with Gasteiger partial charge in [0.25, 0.3) is 0 Å². The van der Waals surface area contributed by atoms with Crippen molar-refractivity contribution in [3.8, 4) is 0 Å². The van der Waals surface area contributed by atoms with Crippen LogP contribution >= 0.6 is 0 Å². The van der Waals surface area contributed by atoms with Crippen molar-refractivity contribution >= 4 is 5.91 Å². The minimum absolute atomic E-state index is 0.237. The maximum Gasteiger partial charge on any atom is 0.224 e. The summed E-state index contributed by atoms with van der Waals surface area (Å²) in [5, 5.41) is 11.3. The molecule has 1 amide bonds. The van der Waals surface area contributed by atoms with E-state index in [2.05, 4.69) is 15.6 Å². The number of amides is 1. The molecule has 0 unspecified atom stereocenters. The molecule has 1 saturated heterocycles. The van der Waals surface area contributed by atoms with E-state index >= 15 is 0 Å². The lowest BCUT2D eigenvalue weighted by atomic mass is 10.0. The van der Waals surface area contributed by atoms with Crippen molar-refractivity contribution in [3.05, 3.63) is 12.4 Å². The lowest BCUT2D eigenvalue weighted by Crippen LogP contribution is -2.45. The van der Waals surface area contributed by atoms with Crippen molar-refractivity contribution in [1.82, 2.24) is 25.2 Å². The molecule has 110 valence electrons. The summed E-state index contributed by atoms with van der Waals surface area (Å²) in [6.07, 6.45) is 8.91. The minimum Gasteiger partial charge on any atom is -0.343 e. The summed E-state index contributed by atoms with van der Waals surface area (Å²) in [6.45, 7) is 3.57. The van der Waals surface area contributed by atoms with Gasteiger partial charge in [-0.3, -0.25) is 9.48 Å². The second-order valence-corrected chi connectivity index (χ2v) is 5.92. The molecule has 1 N–H and O–H groups in total. The largest absolute Gasteiger partial charge is 0.343 e. The summed E-state index contributed by atoms with van der Waals surface area (Å²) in [7, 11) is 0. The van der Waals surface area contributed by atoms with Gasteiger partial charge in [-0.1, -0.05) is 5.21 Å². The number of aromatic nitrogens is 3. The molecule has 3 rings (SSSR count). The number of hydrogen-bond donors (Lipinski definition) is 1. The van der Waals surface area contributed by atoms with E-state index in [9.17, 15) is 4.79 Å². The van der Waals surface area contributed by atoms with Crippen LogP contribution in [0, 0.1) is 5.92 Å². The highest BCUT2D eigenvalue weighted by atomic mass is 16.2. The minimum atomic E-state index is 0.237. The van der Waals surface area contributed by atoms with Crippen LogP contribution in [-0.2, 0) is 11.3 Å². The van der Waals surface area contributed by atoms with Gasteiger partial charge in [-0.25, -0.2) is 0 Å². The first-order valence-electron chi connectivity index (χ1n) is 7.66. The van der Waals surface area contributed by atoms with Gasteiger partial charge in [0.2, 0.25) is 5.91 Å². The molecule has 6 nitrogen and oxygen atoms in total. The number of carbonyl (C=O) groups excluding carboxylic acids is 1. The summed E-state index contributed by atoms with van der Waals surface area (Å²) in [4.78, 5) is 14.1. The van der Waals surface area contributed by atoms with Crippen molar-refractivity contribution in [2.45, 2.75) is 44.7 Å². The Morgan fingerprint density at radius 2 is 2.05 bits per heavy atom. The lowest BCUT2D eigenvalue weighted by molar-refractivity contribution is -0.132. The second-order valence-electron chi connectivity index (χ2n) is 5.92. The van der Waals surface area contributed by atoms with E-state index in [0.717, 1.165) is 31.8 Å². The number of hydrogen-bond acceptors (Lipinski definition) is 4. The molecule has 1 aromatic heterocycles. The fourth-order valence-electron chi connectivity index (χ4n) is 2.71. The molecule has 1 aliphatic heterocycles. The van der Waals surface area contributed by atoms with Crippen LogP contribution in [0.25, 0.3) is 0 Å². The number of piperidine rings is 1. The summed E-state index contributed by atoms with van der Waals surface area (Å²) in [5.41, 5.74) is 0. The molecular weight excluding hydrogens is 254 g/mol. The Morgan fingerprint density at radius 1 is 1.25 bits per heavy atom. The molecule has 1 aromatic rings. The molecule has 0 atom stereocenters. The normalized spacial score (nSPS) is 20.3. The maximum absolute atomic E-state index is 12.1. The van der Waals surface area contributed by atoms with Gasteiger partial charge in [0.05, 0.1) is 12.7 Å². The van der Waals surface area contributed by atoms with Crippen molar-refractivity contribution < 1.29 is 4.79 Å². The number of likely N-dealkylation sites (tertiary alicyclic amines) is 1. The molecule has 0 bridgehead atoms. The Kier molecular flexibility index (Phi) is 4.30. The van der Waals surface area contributed by atoms with Gasteiger partial charge in [0, 0.05) is 31.7 Å². The molecule has 0 radical (unpaired) electrons. The number of nitrogens with one attached hydrogen (secondary N) is 1. The monoisotopic (exact) mass is 277 g/mol. The van der Waals surface area contributed by atoms with E-state index in [1.807, 2.05) is 4.90 Å².